The van der Waals surface area contributed by atoms with E-state index in [0.29, 0.717) is 36.2 Å². The van der Waals surface area contributed by atoms with Crippen molar-refractivity contribution in [2.75, 3.05) is 39.4 Å². The highest BCUT2D eigenvalue weighted by Crippen LogP contribution is 2.41. The van der Waals surface area contributed by atoms with Crippen molar-refractivity contribution < 1.29 is 42.5 Å². The van der Waals surface area contributed by atoms with Crippen molar-refractivity contribution in [3.8, 4) is 0 Å². The lowest BCUT2D eigenvalue weighted by Gasteiger charge is -2.27. The Morgan fingerprint density at radius 1 is 1.03 bits per heavy atom. The van der Waals surface area contributed by atoms with Crippen LogP contribution in [0.3, 0.4) is 0 Å². The number of methoxy groups -OCH3 is 3. The van der Waals surface area contributed by atoms with Crippen LogP contribution in [0.4, 0.5) is 10.1 Å². The molecule has 1 aliphatic rings. The Morgan fingerprint density at radius 2 is 1.74 bits per heavy atom. The lowest BCUT2D eigenvalue weighted by Crippen LogP contribution is -2.34. The molecule has 0 radical (unpaired) electrons. The molecule has 0 atom stereocenters. The van der Waals surface area contributed by atoms with E-state index in [1.165, 1.54) is 39.8 Å². The molecule has 1 amide bonds. The number of anilines is 1. The molecule has 39 heavy (non-hydrogen) atoms. The highest BCUT2D eigenvalue weighted by molar-refractivity contribution is 7.11. The number of rotatable bonds is 11. The molecule has 0 fully saturated rings. The minimum atomic E-state index is -0.801. The Hall–Kier alpha value is -3.35. The maximum Gasteiger partial charge on any atom is 0.339 e. The zero-order valence-corrected chi connectivity index (χ0v) is 23.3. The molecule has 0 saturated heterocycles. The summed E-state index contributed by atoms with van der Waals surface area (Å²) in [4.78, 5) is 56.1. The van der Waals surface area contributed by atoms with E-state index >= 15 is 4.39 Å². The zero-order valence-electron chi connectivity index (χ0n) is 21.7. The lowest BCUT2D eigenvalue weighted by atomic mass is 9.90. The van der Waals surface area contributed by atoms with Gasteiger partial charge in [-0.2, -0.15) is 4.39 Å². The molecule has 10 nitrogen and oxygen atoms in total. The van der Waals surface area contributed by atoms with Gasteiger partial charge >= 0.3 is 17.9 Å². The standard InChI is InChI=1S/C26H28ClFN2O8S/c1-35-8-9-38-26(34)18-7-5-4-6-17(18)24(32)30(14-15-10-16(13-29-12-15)25(33)37-3)22-21(27)19(39-23(22)28)11-20(31)36-2/h10,12-13H,4-9,11,14H2,1-3H3. The number of amides is 1. The molecule has 0 aromatic carbocycles. The maximum atomic E-state index is 15.4. The van der Waals surface area contributed by atoms with Gasteiger partial charge in [-0.15, -0.1) is 11.3 Å². The first kappa shape index (κ1) is 30.2. The number of carbonyl (C=O) groups excluding carboxylic acids is 4. The fourth-order valence-electron chi connectivity index (χ4n) is 4.03. The third-order valence-electron chi connectivity index (χ3n) is 5.95. The average molecular weight is 583 g/mol. The van der Waals surface area contributed by atoms with Gasteiger partial charge in [0.25, 0.3) is 5.91 Å². The molecule has 0 saturated carbocycles. The average Bonchev–Trinajstić information content (AvgIpc) is 3.22. The minimum absolute atomic E-state index is 0.0118. The van der Waals surface area contributed by atoms with E-state index in [1.54, 1.807) is 0 Å². The number of ether oxygens (including phenoxy) is 4. The number of aromatic nitrogens is 1. The highest BCUT2D eigenvalue weighted by atomic mass is 35.5. The Kier molecular flexibility index (Phi) is 11.0. The van der Waals surface area contributed by atoms with Gasteiger partial charge in [-0.05, 0) is 37.3 Å². The van der Waals surface area contributed by atoms with Gasteiger partial charge in [0.15, 0.2) is 0 Å². The van der Waals surface area contributed by atoms with Gasteiger partial charge in [0, 0.05) is 35.5 Å². The summed E-state index contributed by atoms with van der Waals surface area (Å²) < 4.78 is 35.0. The van der Waals surface area contributed by atoms with Crippen LogP contribution in [0.25, 0.3) is 0 Å². The third-order valence-corrected chi connectivity index (χ3v) is 7.44. The molecular weight excluding hydrogens is 555 g/mol. The quantitative estimate of drug-likeness (QED) is 0.219. The summed E-state index contributed by atoms with van der Waals surface area (Å²) in [6, 6.07) is 1.46. The second-order valence-corrected chi connectivity index (χ2v) is 9.91. The van der Waals surface area contributed by atoms with E-state index in [-0.39, 0.29) is 64.9 Å². The number of thiophene rings is 1. The molecule has 2 heterocycles. The first-order valence-electron chi connectivity index (χ1n) is 12.0. The van der Waals surface area contributed by atoms with Crippen LogP contribution in [0.15, 0.2) is 29.6 Å². The van der Waals surface area contributed by atoms with Crippen molar-refractivity contribution in [2.24, 2.45) is 0 Å². The molecule has 13 heteroatoms. The fourth-order valence-corrected chi connectivity index (χ4v) is 5.36. The van der Waals surface area contributed by atoms with E-state index in [4.69, 9.17) is 25.8 Å². The summed E-state index contributed by atoms with van der Waals surface area (Å²) in [6.45, 7) is -0.0360. The van der Waals surface area contributed by atoms with E-state index in [1.807, 2.05) is 0 Å². The largest absolute Gasteiger partial charge is 0.469 e. The number of nitrogens with zero attached hydrogens (tertiary/aromatic N) is 2. The van der Waals surface area contributed by atoms with E-state index < -0.39 is 28.9 Å². The van der Waals surface area contributed by atoms with Crippen LogP contribution in [-0.2, 0) is 46.3 Å². The van der Waals surface area contributed by atoms with Crippen molar-refractivity contribution in [2.45, 2.75) is 38.6 Å². The van der Waals surface area contributed by atoms with Crippen LogP contribution in [-0.4, -0.2) is 63.3 Å². The maximum absolute atomic E-state index is 15.4. The third kappa shape index (κ3) is 7.40. The molecule has 0 unspecified atom stereocenters. The highest BCUT2D eigenvalue weighted by Gasteiger charge is 2.33. The van der Waals surface area contributed by atoms with Gasteiger partial charge in [-0.3, -0.25) is 19.5 Å². The van der Waals surface area contributed by atoms with Crippen molar-refractivity contribution in [1.29, 1.82) is 0 Å². The van der Waals surface area contributed by atoms with Gasteiger partial charge in [0.05, 0.1) is 44.4 Å². The van der Waals surface area contributed by atoms with Crippen molar-refractivity contribution in [3.63, 3.8) is 0 Å². The van der Waals surface area contributed by atoms with E-state index in [9.17, 15) is 19.2 Å². The van der Waals surface area contributed by atoms with Gasteiger partial charge in [-0.1, -0.05) is 11.6 Å². The topological polar surface area (TPSA) is 121 Å². The molecule has 2 aromatic rings. The van der Waals surface area contributed by atoms with E-state index in [0.717, 1.165) is 4.90 Å². The van der Waals surface area contributed by atoms with E-state index in [2.05, 4.69) is 9.72 Å². The summed E-state index contributed by atoms with van der Waals surface area (Å²) in [5, 5.41) is -0.932. The van der Waals surface area contributed by atoms with Crippen molar-refractivity contribution in [1.82, 2.24) is 4.98 Å². The molecule has 1 aliphatic carbocycles. The van der Waals surface area contributed by atoms with Gasteiger partial charge < -0.3 is 18.9 Å². The van der Waals surface area contributed by atoms with Crippen LogP contribution in [0.1, 0.15) is 46.5 Å². The van der Waals surface area contributed by atoms with Gasteiger partial charge in [0.2, 0.25) is 5.13 Å². The Balaban J connectivity index is 2.09. The molecule has 2 aromatic heterocycles. The molecular formula is C26H28ClFN2O8S. The lowest BCUT2D eigenvalue weighted by molar-refractivity contribution is -0.141. The monoisotopic (exact) mass is 582 g/mol. The summed E-state index contributed by atoms with van der Waals surface area (Å²) in [6.07, 6.45) is 4.31. The number of carbonyl (C=O) groups is 4. The Morgan fingerprint density at radius 3 is 2.41 bits per heavy atom. The fraction of sp³-hybridized carbons (Fsp3) is 0.423. The first-order valence-corrected chi connectivity index (χ1v) is 13.2. The first-order chi connectivity index (χ1) is 18.7. The minimum Gasteiger partial charge on any atom is -0.469 e. The van der Waals surface area contributed by atoms with Crippen molar-refractivity contribution >= 4 is 52.4 Å². The van der Waals surface area contributed by atoms with Crippen LogP contribution in [0.2, 0.25) is 5.02 Å². The van der Waals surface area contributed by atoms with Crippen LogP contribution < -0.4 is 4.90 Å². The Labute approximate surface area is 233 Å². The number of halogens is 2. The number of pyridine rings is 1. The predicted molar refractivity (Wildman–Crippen MR) is 140 cm³/mol. The molecule has 210 valence electrons. The molecule has 0 aliphatic heterocycles. The normalized spacial score (nSPS) is 13.2. The predicted octanol–water partition coefficient (Wildman–Crippen LogP) is 4.03. The smallest absolute Gasteiger partial charge is 0.339 e. The number of hydrogen-bond acceptors (Lipinski definition) is 10. The van der Waals surface area contributed by atoms with Crippen LogP contribution in [0, 0.1) is 5.13 Å². The van der Waals surface area contributed by atoms with Crippen molar-refractivity contribution in [3.05, 3.63) is 55.8 Å². The second-order valence-electron chi connectivity index (χ2n) is 8.47. The number of hydrogen-bond donors (Lipinski definition) is 0. The summed E-state index contributed by atoms with van der Waals surface area (Å²) in [5.41, 5.74) is 0.638. The summed E-state index contributed by atoms with van der Waals surface area (Å²) >= 11 is 7.14. The number of esters is 3. The van der Waals surface area contributed by atoms with Gasteiger partial charge in [0.1, 0.15) is 12.3 Å². The second kappa shape index (κ2) is 14.2. The van der Waals surface area contributed by atoms with Crippen LogP contribution in [0.5, 0.6) is 0 Å². The molecule has 0 bridgehead atoms. The molecule has 3 rings (SSSR count). The summed E-state index contributed by atoms with van der Waals surface area (Å²) in [5.74, 6) is -2.57. The Bertz CT molecular complexity index is 1280. The van der Waals surface area contributed by atoms with Crippen LogP contribution >= 0.6 is 22.9 Å². The summed E-state index contributed by atoms with van der Waals surface area (Å²) in [7, 11) is 3.89. The molecule has 0 N–H and O–H groups in total. The SMILES string of the molecule is COCCOC(=O)C1=C(C(=O)N(Cc2cncc(C(=O)OC)c2)c2c(F)sc(CC(=O)OC)c2Cl)CCCC1. The zero-order chi connectivity index (χ0) is 28.5. The molecule has 0 spiro atoms. The van der Waals surface area contributed by atoms with Gasteiger partial charge in [-0.25, -0.2) is 9.59 Å².